The highest BCUT2D eigenvalue weighted by molar-refractivity contribution is 5.67. The van der Waals surface area contributed by atoms with Crippen molar-refractivity contribution in [2.45, 2.75) is 33.6 Å². The van der Waals surface area contributed by atoms with Crippen LogP contribution < -0.4 is 0 Å². The van der Waals surface area contributed by atoms with Crippen LogP contribution >= 0.6 is 0 Å². The Bertz CT molecular complexity index is 591. The number of imidazole rings is 1. The van der Waals surface area contributed by atoms with E-state index in [1.165, 1.54) is 16.7 Å². The standard InChI is InChI=1S/C15H18N2O2/c1-10-8-11(2)15(12(3)9-10)17-7-6-16-13(17)4-5-14(18)19/h6-9H,4-5H2,1-3H3,(H,18,19). The largest absolute Gasteiger partial charge is 0.481 e. The van der Waals surface area contributed by atoms with Gasteiger partial charge in [0.05, 0.1) is 12.1 Å². The van der Waals surface area contributed by atoms with Crippen molar-refractivity contribution in [2.75, 3.05) is 0 Å². The van der Waals surface area contributed by atoms with Crippen LogP contribution in [0.2, 0.25) is 0 Å². The van der Waals surface area contributed by atoms with E-state index in [0.29, 0.717) is 6.42 Å². The van der Waals surface area contributed by atoms with E-state index < -0.39 is 5.97 Å². The molecule has 4 heteroatoms. The Hall–Kier alpha value is -2.10. The third kappa shape index (κ3) is 2.84. The van der Waals surface area contributed by atoms with Gasteiger partial charge in [0, 0.05) is 18.8 Å². The Morgan fingerprint density at radius 3 is 2.47 bits per heavy atom. The lowest BCUT2D eigenvalue weighted by Gasteiger charge is -2.14. The van der Waals surface area contributed by atoms with Gasteiger partial charge in [-0.15, -0.1) is 0 Å². The highest BCUT2D eigenvalue weighted by Gasteiger charge is 2.11. The molecule has 1 heterocycles. The average Bonchev–Trinajstić information content (AvgIpc) is 2.73. The molecule has 100 valence electrons. The first-order valence-corrected chi connectivity index (χ1v) is 6.31. The first kappa shape index (κ1) is 13.3. The Morgan fingerprint density at radius 2 is 1.89 bits per heavy atom. The number of hydrogen-bond donors (Lipinski definition) is 1. The van der Waals surface area contributed by atoms with Crippen molar-refractivity contribution in [1.82, 2.24) is 9.55 Å². The minimum Gasteiger partial charge on any atom is -0.481 e. The second kappa shape index (κ2) is 5.26. The summed E-state index contributed by atoms with van der Waals surface area (Å²) >= 11 is 0. The quantitative estimate of drug-likeness (QED) is 0.917. The zero-order valence-electron chi connectivity index (χ0n) is 11.5. The summed E-state index contributed by atoms with van der Waals surface area (Å²) in [6.45, 7) is 6.20. The minimum atomic E-state index is -0.799. The van der Waals surface area contributed by atoms with Crippen LogP contribution in [-0.4, -0.2) is 20.6 Å². The lowest BCUT2D eigenvalue weighted by molar-refractivity contribution is -0.137. The van der Waals surface area contributed by atoms with E-state index in [2.05, 4.69) is 37.9 Å². The topological polar surface area (TPSA) is 55.1 Å². The lowest BCUT2D eigenvalue weighted by Crippen LogP contribution is -2.07. The van der Waals surface area contributed by atoms with E-state index in [1.54, 1.807) is 6.20 Å². The van der Waals surface area contributed by atoms with Crippen molar-refractivity contribution in [1.29, 1.82) is 0 Å². The summed E-state index contributed by atoms with van der Waals surface area (Å²) in [5.74, 6) is -0.00986. The second-order valence-corrected chi connectivity index (χ2v) is 4.85. The fraction of sp³-hybridized carbons (Fsp3) is 0.333. The normalized spacial score (nSPS) is 10.7. The van der Waals surface area contributed by atoms with Gasteiger partial charge in [0.2, 0.25) is 0 Å². The number of aromatic nitrogens is 2. The van der Waals surface area contributed by atoms with Crippen molar-refractivity contribution >= 4 is 5.97 Å². The molecule has 0 amide bonds. The maximum atomic E-state index is 10.7. The van der Waals surface area contributed by atoms with Crippen LogP contribution in [0.15, 0.2) is 24.5 Å². The third-order valence-corrected chi connectivity index (χ3v) is 3.16. The maximum absolute atomic E-state index is 10.7. The molecule has 2 aromatic rings. The monoisotopic (exact) mass is 258 g/mol. The van der Waals surface area contributed by atoms with Gasteiger partial charge in [0.1, 0.15) is 5.82 Å². The Labute approximate surface area is 112 Å². The molecule has 0 saturated heterocycles. The number of carboxylic acids is 1. The van der Waals surface area contributed by atoms with Crippen LogP contribution in [0.4, 0.5) is 0 Å². The van der Waals surface area contributed by atoms with Gasteiger partial charge >= 0.3 is 5.97 Å². The molecule has 0 atom stereocenters. The molecule has 1 N–H and O–H groups in total. The van der Waals surface area contributed by atoms with Crippen LogP contribution in [0.1, 0.15) is 28.9 Å². The lowest BCUT2D eigenvalue weighted by atomic mass is 10.0. The van der Waals surface area contributed by atoms with Crippen molar-refractivity contribution in [2.24, 2.45) is 0 Å². The molecule has 0 unspecified atom stereocenters. The molecule has 0 bridgehead atoms. The third-order valence-electron chi connectivity index (χ3n) is 3.16. The molecule has 2 rings (SSSR count). The van der Waals surface area contributed by atoms with E-state index in [0.717, 1.165) is 11.5 Å². The highest BCUT2D eigenvalue weighted by Crippen LogP contribution is 2.22. The Kier molecular flexibility index (Phi) is 3.69. The van der Waals surface area contributed by atoms with Crippen LogP contribution in [-0.2, 0) is 11.2 Å². The molecule has 19 heavy (non-hydrogen) atoms. The van der Waals surface area contributed by atoms with Crippen LogP contribution in [0.5, 0.6) is 0 Å². The van der Waals surface area contributed by atoms with Crippen LogP contribution in [0.3, 0.4) is 0 Å². The summed E-state index contributed by atoms with van der Waals surface area (Å²) in [4.78, 5) is 15.0. The van der Waals surface area contributed by atoms with Crippen molar-refractivity contribution in [3.63, 3.8) is 0 Å². The molecular weight excluding hydrogens is 240 g/mol. The van der Waals surface area contributed by atoms with Gasteiger partial charge < -0.3 is 9.67 Å². The summed E-state index contributed by atoms with van der Waals surface area (Å²) in [5, 5.41) is 8.78. The zero-order valence-corrected chi connectivity index (χ0v) is 11.5. The molecule has 0 aliphatic carbocycles. The Morgan fingerprint density at radius 1 is 1.26 bits per heavy atom. The van der Waals surface area contributed by atoms with Gasteiger partial charge in [-0.1, -0.05) is 17.7 Å². The molecule has 1 aromatic carbocycles. The maximum Gasteiger partial charge on any atom is 0.303 e. The van der Waals surface area contributed by atoms with Crippen LogP contribution in [0.25, 0.3) is 5.69 Å². The summed E-state index contributed by atoms with van der Waals surface area (Å²) in [6.07, 6.45) is 4.15. The second-order valence-electron chi connectivity index (χ2n) is 4.85. The zero-order chi connectivity index (χ0) is 14.0. The van der Waals surface area contributed by atoms with Crippen molar-refractivity contribution < 1.29 is 9.90 Å². The Balaban J connectivity index is 2.43. The fourth-order valence-electron chi connectivity index (χ4n) is 2.49. The van der Waals surface area contributed by atoms with E-state index in [9.17, 15) is 4.79 Å². The molecule has 0 spiro atoms. The first-order chi connectivity index (χ1) is 8.99. The van der Waals surface area contributed by atoms with E-state index >= 15 is 0 Å². The molecule has 1 aromatic heterocycles. The van der Waals surface area contributed by atoms with E-state index in [-0.39, 0.29) is 6.42 Å². The fourth-order valence-corrected chi connectivity index (χ4v) is 2.49. The van der Waals surface area contributed by atoms with Gasteiger partial charge in [0.25, 0.3) is 0 Å². The smallest absolute Gasteiger partial charge is 0.303 e. The number of aliphatic carboxylic acids is 1. The number of hydrogen-bond acceptors (Lipinski definition) is 2. The number of benzene rings is 1. The molecule has 0 aliphatic rings. The van der Waals surface area contributed by atoms with Crippen LogP contribution in [0, 0.1) is 20.8 Å². The van der Waals surface area contributed by atoms with Gasteiger partial charge in [-0.05, 0) is 31.9 Å². The number of carbonyl (C=O) groups is 1. The highest BCUT2D eigenvalue weighted by atomic mass is 16.4. The predicted octanol–water partition coefficient (Wildman–Crippen LogP) is 2.81. The van der Waals surface area contributed by atoms with Gasteiger partial charge in [-0.2, -0.15) is 0 Å². The summed E-state index contributed by atoms with van der Waals surface area (Å²) in [7, 11) is 0. The summed E-state index contributed by atoms with van der Waals surface area (Å²) in [6, 6.07) is 4.26. The number of carboxylic acid groups (broad SMARTS) is 1. The first-order valence-electron chi connectivity index (χ1n) is 6.31. The number of aryl methyl sites for hydroxylation is 4. The van der Waals surface area contributed by atoms with Gasteiger partial charge in [-0.3, -0.25) is 4.79 Å². The number of rotatable bonds is 4. The molecular formula is C15H18N2O2. The average molecular weight is 258 g/mol. The molecule has 0 saturated carbocycles. The molecule has 0 fully saturated rings. The predicted molar refractivity (Wildman–Crippen MR) is 73.7 cm³/mol. The van der Waals surface area contributed by atoms with E-state index in [1.807, 2.05) is 10.8 Å². The molecule has 0 aliphatic heterocycles. The van der Waals surface area contributed by atoms with Crippen molar-refractivity contribution in [3.8, 4) is 5.69 Å². The van der Waals surface area contributed by atoms with Crippen molar-refractivity contribution in [3.05, 3.63) is 47.0 Å². The van der Waals surface area contributed by atoms with Gasteiger partial charge in [-0.25, -0.2) is 4.98 Å². The SMILES string of the molecule is Cc1cc(C)c(-n2ccnc2CCC(=O)O)c(C)c1. The minimum absolute atomic E-state index is 0.0982. The summed E-state index contributed by atoms with van der Waals surface area (Å²) < 4.78 is 1.99. The van der Waals surface area contributed by atoms with Gasteiger partial charge in [0.15, 0.2) is 0 Å². The van der Waals surface area contributed by atoms with E-state index in [4.69, 9.17) is 5.11 Å². The molecule has 4 nitrogen and oxygen atoms in total. The number of nitrogens with zero attached hydrogens (tertiary/aromatic N) is 2. The summed E-state index contributed by atoms with van der Waals surface area (Å²) in [5.41, 5.74) is 4.67. The molecule has 0 radical (unpaired) electrons.